The maximum Gasteiger partial charge on any atom is 0.229 e. The number of aryl methyl sites for hydroxylation is 3. The number of hydrogen-bond donors (Lipinski definition) is 2. The molecule has 0 unspecified atom stereocenters. The molecule has 0 amide bonds. The average Bonchev–Trinajstić information content (AvgIpc) is 2.67. The van der Waals surface area contributed by atoms with Gasteiger partial charge in [-0.3, -0.25) is 5.41 Å². The molecule has 28 heavy (non-hydrogen) atoms. The first-order valence-electron chi connectivity index (χ1n) is 9.41. The molecule has 5 nitrogen and oxygen atoms in total. The standard InChI is InChI=1S/C23H23N5/c1-4-28-21(24)20(17-11-15(2)10-16(3)12-17)13-18-14-25-23(27-22(18)28)26-19-8-6-5-7-9-19/h5-14,24H,4H2,1-3H3,(H,25,26,27). The van der Waals surface area contributed by atoms with Gasteiger partial charge < -0.3 is 9.88 Å². The minimum absolute atomic E-state index is 0.462. The van der Waals surface area contributed by atoms with Crippen molar-refractivity contribution in [3.63, 3.8) is 0 Å². The largest absolute Gasteiger partial charge is 0.324 e. The number of aromatic nitrogens is 3. The van der Waals surface area contributed by atoms with E-state index in [9.17, 15) is 0 Å². The minimum atomic E-state index is 0.462. The fraction of sp³-hybridized carbons (Fsp3) is 0.174. The van der Waals surface area contributed by atoms with Gasteiger partial charge in [-0.05, 0) is 44.5 Å². The van der Waals surface area contributed by atoms with Crippen molar-refractivity contribution in [1.29, 1.82) is 5.41 Å². The molecule has 4 aromatic rings. The van der Waals surface area contributed by atoms with E-state index in [1.54, 1.807) is 0 Å². The van der Waals surface area contributed by atoms with Gasteiger partial charge in [0.1, 0.15) is 11.1 Å². The van der Waals surface area contributed by atoms with Gasteiger partial charge in [0.2, 0.25) is 5.95 Å². The summed E-state index contributed by atoms with van der Waals surface area (Å²) < 4.78 is 1.93. The summed E-state index contributed by atoms with van der Waals surface area (Å²) >= 11 is 0. The topological polar surface area (TPSA) is 66.6 Å². The average molecular weight is 369 g/mol. The molecule has 0 bridgehead atoms. The highest BCUT2D eigenvalue weighted by Crippen LogP contribution is 2.23. The summed E-state index contributed by atoms with van der Waals surface area (Å²) in [4.78, 5) is 9.17. The van der Waals surface area contributed by atoms with Crippen LogP contribution in [0.3, 0.4) is 0 Å². The molecule has 140 valence electrons. The van der Waals surface area contributed by atoms with Gasteiger partial charge in [-0.25, -0.2) is 4.98 Å². The highest BCUT2D eigenvalue weighted by molar-refractivity contribution is 5.82. The van der Waals surface area contributed by atoms with Crippen molar-refractivity contribution < 1.29 is 0 Å². The number of nitrogens with zero attached hydrogens (tertiary/aromatic N) is 3. The second kappa shape index (κ2) is 7.27. The molecule has 0 saturated heterocycles. The Bertz CT molecular complexity index is 1190. The second-order valence-corrected chi connectivity index (χ2v) is 6.99. The molecule has 0 aliphatic rings. The van der Waals surface area contributed by atoms with Crippen LogP contribution in [0.5, 0.6) is 0 Å². The molecule has 2 aromatic carbocycles. The lowest BCUT2D eigenvalue weighted by Gasteiger charge is -2.14. The van der Waals surface area contributed by atoms with Gasteiger partial charge in [-0.2, -0.15) is 4.98 Å². The lowest BCUT2D eigenvalue weighted by atomic mass is 10.0. The number of rotatable bonds is 4. The van der Waals surface area contributed by atoms with Crippen molar-refractivity contribution in [1.82, 2.24) is 14.5 Å². The molecule has 0 aliphatic carbocycles. The molecule has 4 rings (SSSR count). The molecule has 0 spiro atoms. The van der Waals surface area contributed by atoms with Crippen LogP contribution in [0.2, 0.25) is 0 Å². The molecule has 2 heterocycles. The first kappa shape index (κ1) is 17.9. The monoisotopic (exact) mass is 369 g/mol. The Morgan fingerprint density at radius 1 is 1.00 bits per heavy atom. The summed E-state index contributed by atoms with van der Waals surface area (Å²) in [5, 5.41) is 12.9. The normalized spacial score (nSPS) is 11.0. The SMILES string of the molecule is CCn1c(=N)c(-c2cc(C)cc(C)c2)cc2cnc(Nc3ccccc3)nc21. The van der Waals surface area contributed by atoms with E-state index < -0.39 is 0 Å². The highest BCUT2D eigenvalue weighted by atomic mass is 15.1. The zero-order chi connectivity index (χ0) is 19.7. The minimum Gasteiger partial charge on any atom is -0.324 e. The van der Waals surface area contributed by atoms with Gasteiger partial charge in [0, 0.05) is 29.4 Å². The van der Waals surface area contributed by atoms with Crippen LogP contribution in [0.25, 0.3) is 22.2 Å². The van der Waals surface area contributed by atoms with Crippen LogP contribution in [0.15, 0.2) is 60.8 Å². The molecular weight excluding hydrogens is 346 g/mol. The fourth-order valence-corrected chi connectivity index (χ4v) is 3.54. The Kier molecular flexibility index (Phi) is 4.65. The maximum absolute atomic E-state index is 8.78. The summed E-state index contributed by atoms with van der Waals surface area (Å²) in [5.74, 6) is 0.527. The Hall–Kier alpha value is -3.47. The zero-order valence-electron chi connectivity index (χ0n) is 16.3. The molecule has 0 saturated carbocycles. The quantitative estimate of drug-likeness (QED) is 0.534. The van der Waals surface area contributed by atoms with E-state index >= 15 is 0 Å². The van der Waals surface area contributed by atoms with Gasteiger partial charge in [0.15, 0.2) is 0 Å². The second-order valence-electron chi connectivity index (χ2n) is 6.99. The van der Waals surface area contributed by atoms with Crippen LogP contribution in [0.4, 0.5) is 11.6 Å². The summed E-state index contributed by atoms with van der Waals surface area (Å²) in [6.45, 7) is 6.87. The van der Waals surface area contributed by atoms with Crippen LogP contribution in [0, 0.1) is 19.3 Å². The van der Waals surface area contributed by atoms with E-state index in [1.807, 2.05) is 54.1 Å². The summed E-state index contributed by atoms with van der Waals surface area (Å²) in [6.07, 6.45) is 1.82. The van der Waals surface area contributed by atoms with E-state index in [2.05, 4.69) is 42.3 Å². The van der Waals surface area contributed by atoms with Crippen molar-refractivity contribution in [3.05, 3.63) is 77.4 Å². The first-order valence-corrected chi connectivity index (χ1v) is 9.41. The third-order valence-corrected chi connectivity index (χ3v) is 4.76. The summed E-state index contributed by atoms with van der Waals surface area (Å²) in [5.41, 5.74) is 6.49. The lowest BCUT2D eigenvalue weighted by molar-refractivity contribution is 0.726. The van der Waals surface area contributed by atoms with E-state index in [4.69, 9.17) is 10.4 Å². The van der Waals surface area contributed by atoms with Crippen molar-refractivity contribution in [2.24, 2.45) is 0 Å². The van der Waals surface area contributed by atoms with Crippen molar-refractivity contribution in [2.75, 3.05) is 5.32 Å². The molecule has 0 radical (unpaired) electrons. The van der Waals surface area contributed by atoms with Crippen LogP contribution in [-0.2, 0) is 6.54 Å². The van der Waals surface area contributed by atoms with E-state index in [0.29, 0.717) is 18.0 Å². The third kappa shape index (κ3) is 3.39. The molecule has 2 aromatic heterocycles. The Morgan fingerprint density at radius 3 is 2.39 bits per heavy atom. The summed E-state index contributed by atoms with van der Waals surface area (Å²) in [7, 11) is 0. The molecule has 2 N–H and O–H groups in total. The Balaban J connectivity index is 1.86. The number of pyridine rings is 1. The first-order chi connectivity index (χ1) is 13.5. The van der Waals surface area contributed by atoms with E-state index in [-0.39, 0.29) is 0 Å². The number of nitrogens with one attached hydrogen (secondary N) is 2. The van der Waals surface area contributed by atoms with Gasteiger partial charge in [-0.1, -0.05) is 47.5 Å². The molecule has 0 fully saturated rings. The number of hydrogen-bond acceptors (Lipinski definition) is 4. The van der Waals surface area contributed by atoms with Crippen molar-refractivity contribution in [2.45, 2.75) is 27.3 Å². The van der Waals surface area contributed by atoms with Crippen LogP contribution < -0.4 is 10.8 Å². The van der Waals surface area contributed by atoms with Crippen LogP contribution >= 0.6 is 0 Å². The third-order valence-electron chi connectivity index (χ3n) is 4.76. The van der Waals surface area contributed by atoms with Crippen LogP contribution in [0.1, 0.15) is 18.1 Å². The Labute approximate surface area is 164 Å². The van der Waals surface area contributed by atoms with E-state index in [0.717, 1.165) is 27.8 Å². The molecule has 0 atom stereocenters. The fourth-order valence-electron chi connectivity index (χ4n) is 3.54. The predicted molar refractivity (Wildman–Crippen MR) is 114 cm³/mol. The molecule has 0 aliphatic heterocycles. The van der Waals surface area contributed by atoms with Crippen molar-refractivity contribution in [3.8, 4) is 11.1 Å². The maximum atomic E-state index is 8.78. The van der Waals surface area contributed by atoms with Gasteiger partial charge >= 0.3 is 0 Å². The summed E-state index contributed by atoms with van der Waals surface area (Å²) in [6, 6.07) is 18.3. The zero-order valence-corrected chi connectivity index (χ0v) is 16.3. The molecule has 5 heteroatoms. The smallest absolute Gasteiger partial charge is 0.229 e. The van der Waals surface area contributed by atoms with Gasteiger partial charge in [-0.15, -0.1) is 0 Å². The van der Waals surface area contributed by atoms with Crippen molar-refractivity contribution >= 4 is 22.7 Å². The Morgan fingerprint density at radius 2 is 1.71 bits per heavy atom. The van der Waals surface area contributed by atoms with E-state index in [1.165, 1.54) is 11.1 Å². The number of fused-ring (bicyclic) bond motifs is 1. The van der Waals surface area contributed by atoms with Crippen LogP contribution in [-0.4, -0.2) is 14.5 Å². The van der Waals surface area contributed by atoms with Gasteiger partial charge in [0.05, 0.1) is 0 Å². The predicted octanol–water partition coefficient (Wildman–Crippen LogP) is 4.96. The highest BCUT2D eigenvalue weighted by Gasteiger charge is 2.11. The van der Waals surface area contributed by atoms with Gasteiger partial charge in [0.25, 0.3) is 0 Å². The molecular formula is C23H23N5. The number of benzene rings is 2. The lowest BCUT2D eigenvalue weighted by Crippen LogP contribution is -2.22. The number of anilines is 2. The number of para-hydroxylation sites is 1.